The Labute approximate surface area is 187 Å². The average molecular weight is 377 g/mol. The molecule has 1 unspecified atom stereocenters. The van der Waals surface area contributed by atoms with Gasteiger partial charge in [-0.3, -0.25) is 0 Å². The minimum Gasteiger partial charge on any atom is -0.153 e. The van der Waals surface area contributed by atoms with E-state index in [1.165, 1.54) is 0 Å². The molecular weight excluding hydrogens is 374 g/mol. The summed E-state index contributed by atoms with van der Waals surface area (Å²) in [5.41, 5.74) is 0. The van der Waals surface area contributed by atoms with Gasteiger partial charge in [-0.2, -0.15) is 9.90 Å². The predicted molar refractivity (Wildman–Crippen MR) is 28.4 cm³/mol. The molecule has 0 heterocycles. The molecule has 0 aromatic carbocycles. The Kier molecular flexibility index (Phi) is 406. The van der Waals surface area contributed by atoms with Crippen molar-refractivity contribution in [2.24, 2.45) is 0 Å². The molecule has 0 aliphatic rings. The summed E-state index contributed by atoms with van der Waals surface area (Å²) in [5, 5.41) is 0. The fourth-order valence-electron chi connectivity index (χ4n) is 0. The van der Waals surface area contributed by atoms with E-state index in [0.29, 0.717) is 0 Å². The van der Waals surface area contributed by atoms with Gasteiger partial charge in [0.2, 0.25) is 0 Å². The maximum absolute atomic E-state index is 0. The van der Waals surface area contributed by atoms with Crippen molar-refractivity contribution in [3.63, 3.8) is 0 Å². The summed E-state index contributed by atoms with van der Waals surface area (Å²) in [6.07, 6.45) is 0. The van der Waals surface area contributed by atoms with Crippen LogP contribution >= 0.6 is 9.90 Å². The topological polar surface area (TPSA) is 0 Å². The van der Waals surface area contributed by atoms with Crippen LogP contribution in [0.3, 0.4) is 0 Å². The van der Waals surface area contributed by atoms with Crippen molar-refractivity contribution in [2.45, 2.75) is 0 Å². The third-order valence-corrected chi connectivity index (χ3v) is 0. The summed E-state index contributed by atoms with van der Waals surface area (Å²) in [5.74, 6) is 0. The van der Waals surface area contributed by atoms with E-state index in [-0.39, 0.29) is 193 Å². The van der Waals surface area contributed by atoms with Crippen LogP contribution in [0.25, 0.3) is 0 Å². The van der Waals surface area contributed by atoms with Crippen LogP contribution in [0.4, 0.5) is 0 Å². The minimum absolute atomic E-state index is 0. The predicted octanol–water partition coefficient (Wildman–Crippen LogP) is -1.09. The molecule has 0 aliphatic carbocycles. The normalized spacial score (nSPS) is 0. The Hall–Kier alpha value is 6.27. The molecule has 0 spiro atoms. The third kappa shape index (κ3) is 39.6. The molecule has 8 heavy (non-hydrogen) atoms. The van der Waals surface area contributed by atoms with E-state index < -0.39 is 0 Å². The van der Waals surface area contributed by atoms with Gasteiger partial charge in [-0.1, -0.05) is 0 Å². The van der Waals surface area contributed by atoms with Crippen molar-refractivity contribution in [1.82, 2.24) is 0 Å². The van der Waals surface area contributed by atoms with Crippen LogP contribution in [-0.2, 0) is 70.7 Å². The Balaban J connectivity index is 0. The van der Waals surface area contributed by atoms with Crippen molar-refractivity contribution < 1.29 is 70.7 Å². The smallest absolute Gasteiger partial charge is 0 e. The fourth-order valence-corrected chi connectivity index (χ4v) is 0. The SMILES string of the molecule is P.[Ca].[Cu].[Fe].[K].[Mg].[Mn].[Zn]. The third-order valence-electron chi connectivity index (χ3n) is 0. The first-order valence-corrected chi connectivity index (χ1v) is 0. The Bertz CT molecular complexity index is 24.0. The average Bonchev–Trinajstić information content (AvgIpc) is 0. The van der Waals surface area contributed by atoms with Crippen LogP contribution in [0.5, 0.6) is 0 Å². The van der Waals surface area contributed by atoms with Gasteiger partial charge in [-0.25, -0.2) is 0 Å². The van der Waals surface area contributed by atoms with Crippen LogP contribution < -0.4 is 0 Å². The molecule has 0 aromatic heterocycles. The molecule has 0 saturated heterocycles. The second-order valence-electron chi connectivity index (χ2n) is 0. The van der Waals surface area contributed by atoms with Gasteiger partial charge in [-0.05, 0) is 0 Å². The first-order valence-electron chi connectivity index (χ1n) is 0. The van der Waals surface area contributed by atoms with Crippen molar-refractivity contribution in [3.8, 4) is 0 Å². The molecule has 0 rings (SSSR count). The summed E-state index contributed by atoms with van der Waals surface area (Å²) in [7, 11) is 0. The van der Waals surface area contributed by atoms with Crippen LogP contribution in [0.2, 0.25) is 0 Å². The molecule has 1 atom stereocenters. The van der Waals surface area contributed by atoms with Gasteiger partial charge in [0.1, 0.15) is 0 Å². The standard InChI is InChI=1S/Ca.Cu.Fe.K.Mg.Mn.H3P.Zn/h;;;;;;1H3;. The molecule has 0 fully saturated rings. The quantitative estimate of drug-likeness (QED) is 0.372. The zero-order valence-corrected chi connectivity index (χ0v) is 19.2. The van der Waals surface area contributed by atoms with Crippen molar-refractivity contribution in [3.05, 3.63) is 0 Å². The van der Waals surface area contributed by atoms with Gasteiger partial charge in [0.15, 0.2) is 0 Å². The van der Waals surface area contributed by atoms with E-state index in [9.17, 15) is 0 Å². The van der Waals surface area contributed by atoms with E-state index in [1.807, 2.05) is 0 Å². The van der Waals surface area contributed by atoms with Gasteiger partial charge < -0.3 is 0 Å². The second kappa shape index (κ2) is 50.8. The molecule has 0 nitrogen and oxygen atoms in total. The largest absolute Gasteiger partial charge is 0.153 e. The van der Waals surface area contributed by atoms with E-state index in [1.54, 1.807) is 0 Å². The second-order valence-corrected chi connectivity index (χ2v) is 0. The van der Waals surface area contributed by atoms with E-state index in [2.05, 4.69) is 0 Å². The van der Waals surface area contributed by atoms with Crippen LogP contribution in [0.15, 0.2) is 0 Å². The van der Waals surface area contributed by atoms with Gasteiger partial charge in [-0.15, -0.1) is 0 Å². The molecule has 0 amide bonds. The molecule has 7 radical (unpaired) electrons. The first-order chi connectivity index (χ1) is 0. The van der Waals surface area contributed by atoms with Gasteiger partial charge in [0, 0.05) is 183 Å². The van der Waals surface area contributed by atoms with Gasteiger partial charge in [0.05, 0.1) is 0 Å². The zero-order chi connectivity index (χ0) is 0. The molecule has 0 aliphatic heterocycles. The van der Waals surface area contributed by atoms with Crippen LogP contribution in [-0.4, -0.2) is 112 Å². The van der Waals surface area contributed by atoms with Gasteiger partial charge >= 0.3 is 0 Å². The molecule has 8 heteroatoms. The zero-order valence-electron chi connectivity index (χ0n) is 4.86. The van der Waals surface area contributed by atoms with Crippen molar-refractivity contribution >= 4 is 122 Å². The van der Waals surface area contributed by atoms with Crippen LogP contribution in [0.1, 0.15) is 0 Å². The fraction of sp³-hybridized carbons (Fsp3) is 0. The maximum Gasteiger partial charge on any atom is 0 e. The number of hydrogen-bond acceptors (Lipinski definition) is 0. The molecule has 0 aromatic rings. The summed E-state index contributed by atoms with van der Waals surface area (Å²) in [6, 6.07) is 0. The molecular formula is H3CaCuFeKMgMnPZn. The molecule has 41 valence electrons. The Morgan fingerprint density at radius 3 is 1.00 bits per heavy atom. The minimum atomic E-state index is 0. The number of hydrogen-bond donors (Lipinski definition) is 0. The first kappa shape index (κ1) is 63.9. The summed E-state index contributed by atoms with van der Waals surface area (Å²) in [6.45, 7) is 0. The molecule has 0 N–H and O–H groups in total. The Morgan fingerprint density at radius 2 is 1.00 bits per heavy atom. The summed E-state index contributed by atoms with van der Waals surface area (Å²) >= 11 is 0. The maximum atomic E-state index is 0. The van der Waals surface area contributed by atoms with E-state index in [0.717, 1.165) is 0 Å². The Morgan fingerprint density at radius 1 is 1.00 bits per heavy atom. The molecule has 0 bridgehead atoms. The number of rotatable bonds is 0. The summed E-state index contributed by atoms with van der Waals surface area (Å²) < 4.78 is 0. The van der Waals surface area contributed by atoms with E-state index in [4.69, 9.17) is 0 Å². The van der Waals surface area contributed by atoms with Crippen molar-refractivity contribution in [1.29, 1.82) is 0 Å². The monoisotopic (exact) mass is 375 g/mol. The molecule has 0 saturated carbocycles. The van der Waals surface area contributed by atoms with Crippen LogP contribution in [0, 0.1) is 0 Å². The summed E-state index contributed by atoms with van der Waals surface area (Å²) in [4.78, 5) is 0. The van der Waals surface area contributed by atoms with Crippen molar-refractivity contribution in [2.75, 3.05) is 0 Å². The van der Waals surface area contributed by atoms with E-state index >= 15 is 0 Å². The van der Waals surface area contributed by atoms with Gasteiger partial charge in [0.25, 0.3) is 0 Å².